The molecule has 3 aromatic rings. The van der Waals surface area contributed by atoms with E-state index in [-0.39, 0.29) is 27.9 Å². The van der Waals surface area contributed by atoms with Gasteiger partial charge in [-0.3, -0.25) is 25.8 Å². The lowest BCUT2D eigenvalue weighted by Crippen LogP contribution is -2.47. The third kappa shape index (κ3) is 5.04. The van der Waals surface area contributed by atoms with Gasteiger partial charge in [0.05, 0.1) is 15.5 Å². The highest BCUT2D eigenvalue weighted by Gasteiger charge is 2.30. The lowest BCUT2D eigenvalue weighted by molar-refractivity contribution is -0.383. The summed E-state index contributed by atoms with van der Waals surface area (Å²) in [4.78, 5) is 40.1. The van der Waals surface area contributed by atoms with Crippen molar-refractivity contribution >= 4 is 52.3 Å². The Morgan fingerprint density at radius 1 is 1.03 bits per heavy atom. The van der Waals surface area contributed by atoms with Crippen LogP contribution < -0.4 is 20.7 Å². The zero-order valence-electron chi connectivity index (χ0n) is 17.1. The van der Waals surface area contributed by atoms with Gasteiger partial charge in [-0.25, -0.2) is 15.0 Å². The van der Waals surface area contributed by atoms with Crippen molar-refractivity contribution < 1.29 is 9.72 Å². The molecule has 0 saturated carbocycles. The smallest absolute Gasteiger partial charge is 0.353 e. The highest BCUT2D eigenvalue weighted by atomic mass is 35.5. The number of amides is 1. The second-order valence-corrected chi connectivity index (χ2v) is 7.86. The Balaban J connectivity index is 1.49. The largest absolute Gasteiger partial charge is 0.355 e. The summed E-state index contributed by atoms with van der Waals surface area (Å²) in [6, 6.07) is 10.1. The van der Waals surface area contributed by atoms with Crippen LogP contribution in [-0.4, -0.2) is 52.0 Å². The number of benzene rings is 1. The molecule has 1 aliphatic rings. The van der Waals surface area contributed by atoms with Crippen molar-refractivity contribution in [1.82, 2.24) is 20.4 Å². The number of rotatable bonds is 6. The Bertz CT molecular complexity index is 1170. The van der Waals surface area contributed by atoms with E-state index in [4.69, 9.17) is 23.2 Å². The van der Waals surface area contributed by atoms with Crippen LogP contribution in [0.1, 0.15) is 10.4 Å². The maximum atomic E-state index is 12.5. The van der Waals surface area contributed by atoms with E-state index < -0.39 is 10.8 Å². The van der Waals surface area contributed by atoms with Gasteiger partial charge in [0.15, 0.2) is 0 Å². The fourth-order valence-corrected chi connectivity index (χ4v) is 3.90. The monoisotopic (exact) mass is 488 g/mol. The van der Waals surface area contributed by atoms with Gasteiger partial charge in [0.1, 0.15) is 12.1 Å². The van der Waals surface area contributed by atoms with E-state index in [1.165, 1.54) is 24.5 Å². The molecular weight excluding hydrogens is 471 g/mol. The molecule has 1 saturated heterocycles. The summed E-state index contributed by atoms with van der Waals surface area (Å²) in [5.74, 6) is 0.267. The molecule has 1 amide bonds. The minimum atomic E-state index is -0.602. The van der Waals surface area contributed by atoms with Crippen molar-refractivity contribution in [1.29, 1.82) is 0 Å². The van der Waals surface area contributed by atoms with E-state index in [9.17, 15) is 14.9 Å². The fourth-order valence-electron chi connectivity index (χ4n) is 3.41. The van der Waals surface area contributed by atoms with E-state index in [1.54, 1.807) is 6.20 Å². The van der Waals surface area contributed by atoms with E-state index in [0.717, 1.165) is 5.82 Å². The summed E-state index contributed by atoms with van der Waals surface area (Å²) in [6.07, 6.45) is 2.93. The van der Waals surface area contributed by atoms with Gasteiger partial charge in [-0.05, 0) is 30.3 Å². The lowest BCUT2D eigenvalue weighted by atomic mass is 10.2. The number of pyridine rings is 1. The summed E-state index contributed by atoms with van der Waals surface area (Å²) in [5, 5.41) is 12.4. The highest BCUT2D eigenvalue weighted by Crippen LogP contribution is 2.32. The van der Waals surface area contributed by atoms with Crippen LogP contribution in [0.4, 0.5) is 23.1 Å². The summed E-state index contributed by atoms with van der Waals surface area (Å²) in [7, 11) is 0. The van der Waals surface area contributed by atoms with Crippen LogP contribution in [0.15, 0.2) is 48.9 Å². The van der Waals surface area contributed by atoms with Gasteiger partial charge < -0.3 is 9.80 Å². The molecule has 3 heterocycles. The van der Waals surface area contributed by atoms with E-state index >= 15 is 0 Å². The fraction of sp³-hybridized carbons (Fsp3) is 0.200. The van der Waals surface area contributed by atoms with Crippen molar-refractivity contribution in [3.63, 3.8) is 0 Å². The van der Waals surface area contributed by atoms with Gasteiger partial charge in [-0.15, -0.1) is 0 Å². The number of halogens is 2. The van der Waals surface area contributed by atoms with Gasteiger partial charge in [0.2, 0.25) is 11.6 Å². The molecule has 1 aromatic carbocycles. The zero-order chi connectivity index (χ0) is 23.4. The molecule has 1 fully saturated rings. The Morgan fingerprint density at radius 3 is 2.45 bits per heavy atom. The molecule has 0 bridgehead atoms. The van der Waals surface area contributed by atoms with Gasteiger partial charge in [-0.2, -0.15) is 0 Å². The summed E-state index contributed by atoms with van der Waals surface area (Å²) in [6.45, 7) is 2.24. The van der Waals surface area contributed by atoms with Crippen LogP contribution >= 0.6 is 23.2 Å². The predicted octanol–water partition coefficient (Wildman–Crippen LogP) is 3.17. The molecule has 0 aliphatic carbocycles. The SMILES string of the molecule is O=C(NNc1ncnc(N2CCN(c3ccccn3)CC2)c1[N+](=O)[O-])c1ccc(Cl)cc1Cl. The summed E-state index contributed by atoms with van der Waals surface area (Å²) >= 11 is 11.9. The topological polar surface area (TPSA) is 129 Å². The number of hydrazine groups is 1. The van der Waals surface area contributed by atoms with Crippen LogP contribution in [0.5, 0.6) is 0 Å². The van der Waals surface area contributed by atoms with Crippen LogP contribution in [0.3, 0.4) is 0 Å². The van der Waals surface area contributed by atoms with E-state index in [1.807, 2.05) is 23.1 Å². The first kappa shape index (κ1) is 22.5. The number of piperazine rings is 1. The Kier molecular flexibility index (Phi) is 6.71. The Hall–Kier alpha value is -3.70. The zero-order valence-corrected chi connectivity index (χ0v) is 18.6. The number of nitrogens with zero attached hydrogens (tertiary/aromatic N) is 6. The molecule has 170 valence electrons. The van der Waals surface area contributed by atoms with Crippen LogP contribution in [0.2, 0.25) is 10.0 Å². The third-order valence-corrected chi connectivity index (χ3v) is 5.56. The first-order valence-corrected chi connectivity index (χ1v) is 10.6. The first-order chi connectivity index (χ1) is 15.9. The second-order valence-electron chi connectivity index (χ2n) is 7.02. The number of hydrogen-bond acceptors (Lipinski definition) is 9. The summed E-state index contributed by atoms with van der Waals surface area (Å²) < 4.78 is 0. The van der Waals surface area contributed by atoms with Gasteiger partial charge in [0.25, 0.3) is 5.91 Å². The lowest BCUT2D eigenvalue weighted by Gasteiger charge is -2.35. The quantitative estimate of drug-likeness (QED) is 0.396. The van der Waals surface area contributed by atoms with Gasteiger partial charge in [0, 0.05) is 37.4 Å². The maximum absolute atomic E-state index is 12.5. The maximum Gasteiger partial charge on any atom is 0.355 e. The molecule has 1 aliphatic heterocycles. The number of hydrogen-bond donors (Lipinski definition) is 2. The molecule has 0 atom stereocenters. The number of anilines is 3. The third-order valence-electron chi connectivity index (χ3n) is 5.01. The van der Waals surface area contributed by atoms with E-state index in [2.05, 4.69) is 30.7 Å². The molecule has 0 unspecified atom stereocenters. The number of carbonyl (C=O) groups excluding carboxylic acids is 1. The molecule has 13 heteroatoms. The average molecular weight is 489 g/mol. The number of nitrogens with one attached hydrogen (secondary N) is 2. The van der Waals surface area contributed by atoms with E-state index in [0.29, 0.717) is 31.2 Å². The van der Waals surface area contributed by atoms with Crippen molar-refractivity contribution in [2.75, 3.05) is 41.4 Å². The molecule has 2 N–H and O–H groups in total. The average Bonchev–Trinajstić information content (AvgIpc) is 2.83. The minimum Gasteiger partial charge on any atom is -0.353 e. The predicted molar refractivity (Wildman–Crippen MR) is 125 cm³/mol. The van der Waals surface area contributed by atoms with Crippen LogP contribution in [-0.2, 0) is 0 Å². The molecular formula is C20H18Cl2N8O3. The minimum absolute atomic E-state index is 0.143. The molecule has 11 nitrogen and oxygen atoms in total. The molecule has 0 spiro atoms. The Morgan fingerprint density at radius 2 is 1.79 bits per heavy atom. The first-order valence-electron chi connectivity index (χ1n) is 9.86. The van der Waals surface area contributed by atoms with Gasteiger partial charge >= 0.3 is 5.69 Å². The normalized spacial score (nSPS) is 13.5. The number of nitro groups is 1. The molecule has 0 radical (unpaired) electrons. The van der Waals surface area contributed by atoms with Crippen molar-refractivity contribution in [3.8, 4) is 0 Å². The van der Waals surface area contributed by atoms with Crippen molar-refractivity contribution in [2.45, 2.75) is 0 Å². The van der Waals surface area contributed by atoms with Crippen LogP contribution in [0, 0.1) is 10.1 Å². The highest BCUT2D eigenvalue weighted by molar-refractivity contribution is 6.36. The molecule has 33 heavy (non-hydrogen) atoms. The van der Waals surface area contributed by atoms with Crippen molar-refractivity contribution in [3.05, 3.63) is 74.6 Å². The Labute approximate surface area is 198 Å². The standard InChI is InChI=1S/C20H18Cl2N8O3/c21-13-4-5-14(15(22)11-13)20(31)27-26-18-17(30(32)33)19(25-12-24-18)29-9-7-28(8-10-29)16-3-1-2-6-23-16/h1-6,11-12H,7-10H2,(H,27,31)(H,24,25,26). The van der Waals surface area contributed by atoms with Crippen molar-refractivity contribution in [2.24, 2.45) is 0 Å². The summed E-state index contributed by atoms with van der Waals surface area (Å²) in [5.41, 5.74) is 4.71. The number of aromatic nitrogens is 3. The number of carbonyl (C=O) groups is 1. The van der Waals surface area contributed by atoms with Gasteiger partial charge in [-0.1, -0.05) is 29.3 Å². The second kappa shape index (κ2) is 9.84. The molecule has 2 aromatic heterocycles. The van der Waals surface area contributed by atoms with Crippen LogP contribution in [0.25, 0.3) is 0 Å². The molecule has 4 rings (SSSR count).